The molecule has 0 bridgehead atoms. The Morgan fingerprint density at radius 2 is 1.88 bits per heavy atom. The first-order valence-electron chi connectivity index (χ1n) is 10.1. The third-order valence-electron chi connectivity index (χ3n) is 5.03. The third kappa shape index (κ3) is 5.29. The van der Waals surface area contributed by atoms with Crippen molar-refractivity contribution in [2.75, 3.05) is 18.5 Å². The Hall–Kier alpha value is -2.88. The SMILES string of the molecule is CCOC(=O)c1c(NC(=O)COC(=O)c2ccccc2C(F)(F)F)sc2c1CC[C@H](C)C2. The third-order valence-corrected chi connectivity index (χ3v) is 6.20. The number of hydrogen-bond donors (Lipinski definition) is 1. The fourth-order valence-corrected chi connectivity index (χ4v) is 4.95. The molecule has 10 heteroatoms. The molecule has 172 valence electrons. The average molecular weight is 469 g/mol. The van der Waals surface area contributed by atoms with E-state index in [2.05, 4.69) is 12.2 Å². The Kier molecular flexibility index (Phi) is 7.22. The van der Waals surface area contributed by atoms with Gasteiger partial charge in [-0.05, 0) is 49.8 Å². The van der Waals surface area contributed by atoms with Crippen LogP contribution in [0.3, 0.4) is 0 Å². The van der Waals surface area contributed by atoms with Gasteiger partial charge in [-0.3, -0.25) is 4.79 Å². The lowest BCUT2D eigenvalue weighted by Crippen LogP contribution is -2.23. The van der Waals surface area contributed by atoms with Gasteiger partial charge in [0.2, 0.25) is 0 Å². The molecule has 1 aromatic carbocycles. The minimum atomic E-state index is -4.74. The second kappa shape index (κ2) is 9.72. The van der Waals surface area contributed by atoms with E-state index in [1.807, 2.05) is 0 Å². The minimum Gasteiger partial charge on any atom is -0.462 e. The number of rotatable bonds is 6. The van der Waals surface area contributed by atoms with Crippen LogP contribution in [0, 0.1) is 5.92 Å². The molecule has 0 unspecified atom stereocenters. The molecule has 0 spiro atoms. The summed E-state index contributed by atoms with van der Waals surface area (Å²) in [5.74, 6) is -2.14. The number of thiophene rings is 1. The summed E-state index contributed by atoms with van der Waals surface area (Å²) in [6, 6.07) is 4.17. The van der Waals surface area contributed by atoms with Gasteiger partial charge in [0.1, 0.15) is 5.00 Å². The molecule has 0 radical (unpaired) electrons. The van der Waals surface area contributed by atoms with Crippen LogP contribution in [0.15, 0.2) is 24.3 Å². The highest BCUT2D eigenvalue weighted by atomic mass is 32.1. The summed E-state index contributed by atoms with van der Waals surface area (Å²) in [5.41, 5.74) is -0.686. The maximum Gasteiger partial charge on any atom is 0.417 e. The van der Waals surface area contributed by atoms with Crippen LogP contribution < -0.4 is 5.32 Å². The molecule has 0 saturated carbocycles. The van der Waals surface area contributed by atoms with Crippen LogP contribution >= 0.6 is 11.3 Å². The van der Waals surface area contributed by atoms with E-state index in [-0.39, 0.29) is 6.61 Å². The van der Waals surface area contributed by atoms with Crippen molar-refractivity contribution in [1.29, 1.82) is 0 Å². The van der Waals surface area contributed by atoms with Crippen molar-refractivity contribution in [2.24, 2.45) is 5.92 Å². The fraction of sp³-hybridized carbons (Fsp3) is 0.409. The molecule has 32 heavy (non-hydrogen) atoms. The number of fused-ring (bicyclic) bond motifs is 1. The first-order valence-corrected chi connectivity index (χ1v) is 10.9. The molecule has 6 nitrogen and oxygen atoms in total. The van der Waals surface area contributed by atoms with Gasteiger partial charge in [0.25, 0.3) is 5.91 Å². The average Bonchev–Trinajstić information content (AvgIpc) is 3.08. The molecular weight excluding hydrogens is 447 g/mol. The molecule has 0 aliphatic heterocycles. The Morgan fingerprint density at radius 1 is 1.16 bits per heavy atom. The lowest BCUT2D eigenvalue weighted by atomic mass is 9.88. The lowest BCUT2D eigenvalue weighted by Gasteiger charge is -2.18. The van der Waals surface area contributed by atoms with Gasteiger partial charge in [0, 0.05) is 4.88 Å². The van der Waals surface area contributed by atoms with Gasteiger partial charge in [-0.15, -0.1) is 11.3 Å². The summed E-state index contributed by atoms with van der Waals surface area (Å²) < 4.78 is 49.2. The monoisotopic (exact) mass is 469 g/mol. The highest BCUT2D eigenvalue weighted by molar-refractivity contribution is 7.17. The number of halogens is 3. The summed E-state index contributed by atoms with van der Waals surface area (Å²) in [4.78, 5) is 38.0. The van der Waals surface area contributed by atoms with Crippen LogP contribution in [0.4, 0.5) is 18.2 Å². The normalized spacial score (nSPS) is 15.6. The fourth-order valence-electron chi connectivity index (χ4n) is 3.54. The van der Waals surface area contributed by atoms with E-state index in [0.717, 1.165) is 41.5 Å². The molecule has 1 N–H and O–H groups in total. The molecular formula is C22H22F3NO5S. The van der Waals surface area contributed by atoms with Crippen molar-refractivity contribution in [2.45, 2.75) is 39.3 Å². The standard InChI is InChI=1S/C22H22F3NO5S/c1-3-30-21(29)18-14-9-8-12(2)10-16(14)32-19(18)26-17(27)11-31-20(28)13-6-4-5-7-15(13)22(23,24)25/h4-7,12H,3,8-11H2,1-2H3,(H,26,27)/t12-/m0/s1. The number of carbonyl (C=O) groups excluding carboxylic acids is 3. The van der Waals surface area contributed by atoms with E-state index in [1.165, 1.54) is 17.4 Å². The van der Waals surface area contributed by atoms with E-state index in [0.29, 0.717) is 22.9 Å². The first kappa shape index (κ1) is 23.8. The maximum atomic E-state index is 13.1. The van der Waals surface area contributed by atoms with E-state index >= 15 is 0 Å². The highest BCUT2D eigenvalue weighted by Crippen LogP contribution is 2.40. The molecule has 1 amide bonds. The number of amides is 1. The molecule has 1 heterocycles. The topological polar surface area (TPSA) is 81.7 Å². The molecule has 0 fully saturated rings. The van der Waals surface area contributed by atoms with Crippen LogP contribution in [0.25, 0.3) is 0 Å². The number of carbonyl (C=O) groups is 3. The largest absolute Gasteiger partial charge is 0.462 e. The van der Waals surface area contributed by atoms with Crippen LogP contribution in [0.5, 0.6) is 0 Å². The summed E-state index contributed by atoms with van der Waals surface area (Å²) >= 11 is 1.26. The van der Waals surface area contributed by atoms with E-state index < -0.39 is 41.8 Å². The van der Waals surface area contributed by atoms with Gasteiger partial charge in [-0.1, -0.05) is 19.1 Å². The van der Waals surface area contributed by atoms with Gasteiger partial charge < -0.3 is 14.8 Å². The summed E-state index contributed by atoms with van der Waals surface area (Å²) in [7, 11) is 0. The van der Waals surface area contributed by atoms with E-state index in [4.69, 9.17) is 9.47 Å². The van der Waals surface area contributed by atoms with Crippen LogP contribution in [-0.2, 0) is 33.3 Å². The Balaban J connectivity index is 1.73. The zero-order valence-corrected chi connectivity index (χ0v) is 18.3. The van der Waals surface area contributed by atoms with Crippen molar-refractivity contribution >= 4 is 34.2 Å². The van der Waals surface area contributed by atoms with Gasteiger partial charge in [0.15, 0.2) is 6.61 Å². The van der Waals surface area contributed by atoms with E-state index in [9.17, 15) is 27.6 Å². The van der Waals surface area contributed by atoms with Gasteiger partial charge in [0.05, 0.1) is 23.3 Å². The smallest absolute Gasteiger partial charge is 0.417 e. The molecule has 1 aliphatic rings. The quantitative estimate of drug-likeness (QED) is 0.611. The zero-order chi connectivity index (χ0) is 23.5. The van der Waals surface area contributed by atoms with E-state index in [1.54, 1.807) is 6.92 Å². The summed E-state index contributed by atoms with van der Waals surface area (Å²) in [6.07, 6.45) is -2.38. The lowest BCUT2D eigenvalue weighted by molar-refractivity contribution is -0.138. The van der Waals surface area contributed by atoms with Gasteiger partial charge in [-0.25, -0.2) is 9.59 Å². The number of ether oxygens (including phenoxy) is 2. The molecule has 1 atom stereocenters. The van der Waals surface area contributed by atoms with Gasteiger partial charge in [-0.2, -0.15) is 13.2 Å². The molecule has 3 rings (SSSR count). The van der Waals surface area contributed by atoms with Crippen molar-refractivity contribution in [3.63, 3.8) is 0 Å². The van der Waals surface area contributed by atoms with Crippen molar-refractivity contribution in [3.05, 3.63) is 51.4 Å². The number of anilines is 1. The Morgan fingerprint density at radius 3 is 2.56 bits per heavy atom. The van der Waals surface area contributed by atoms with Crippen molar-refractivity contribution in [3.8, 4) is 0 Å². The van der Waals surface area contributed by atoms with Gasteiger partial charge >= 0.3 is 18.1 Å². The number of nitrogens with one attached hydrogen (secondary N) is 1. The molecule has 1 aliphatic carbocycles. The maximum absolute atomic E-state index is 13.1. The molecule has 1 aromatic heterocycles. The summed E-state index contributed by atoms with van der Waals surface area (Å²) in [6.45, 7) is 3.15. The molecule has 0 saturated heterocycles. The number of esters is 2. The summed E-state index contributed by atoms with van der Waals surface area (Å²) in [5, 5.41) is 2.84. The molecule has 2 aromatic rings. The minimum absolute atomic E-state index is 0.170. The number of benzene rings is 1. The number of alkyl halides is 3. The zero-order valence-electron chi connectivity index (χ0n) is 17.5. The second-order valence-electron chi connectivity index (χ2n) is 7.44. The predicted molar refractivity (Wildman–Crippen MR) is 112 cm³/mol. The Labute approximate surface area is 186 Å². The van der Waals surface area contributed by atoms with Crippen LogP contribution in [-0.4, -0.2) is 31.1 Å². The first-order chi connectivity index (χ1) is 15.1. The van der Waals surface area contributed by atoms with Crippen molar-refractivity contribution < 1.29 is 37.0 Å². The van der Waals surface area contributed by atoms with Crippen LogP contribution in [0.1, 0.15) is 57.0 Å². The number of hydrogen-bond acceptors (Lipinski definition) is 6. The predicted octanol–water partition coefficient (Wildman–Crippen LogP) is 4.86. The Bertz CT molecular complexity index is 1030. The van der Waals surface area contributed by atoms with Crippen molar-refractivity contribution in [1.82, 2.24) is 0 Å². The highest BCUT2D eigenvalue weighted by Gasteiger charge is 2.35. The van der Waals surface area contributed by atoms with Crippen LogP contribution in [0.2, 0.25) is 0 Å². The second-order valence-corrected chi connectivity index (χ2v) is 8.55.